The Kier molecular flexibility index (Phi) is 4.37. The average molecular weight is 284 g/mol. The first kappa shape index (κ1) is 14.8. The number of hydrogen-bond donors (Lipinski definition) is 2. The van der Waals surface area contributed by atoms with Crippen molar-refractivity contribution in [2.24, 2.45) is 0 Å². The standard InChI is InChI=1S/C16H28O4/c17-15-11-7-3-1-5-9-13(15)19-16(18)12-8-4-2-6-10-14(16)20-15/h13-14,17-18H,1-12H2. The van der Waals surface area contributed by atoms with Crippen LogP contribution in [0.4, 0.5) is 0 Å². The van der Waals surface area contributed by atoms with E-state index in [-0.39, 0.29) is 12.2 Å². The fourth-order valence-electron chi connectivity index (χ4n) is 3.96. The van der Waals surface area contributed by atoms with Gasteiger partial charge in [-0.2, -0.15) is 0 Å². The minimum Gasteiger partial charge on any atom is -0.363 e. The largest absolute Gasteiger partial charge is 0.363 e. The molecule has 3 rings (SSSR count). The maximum atomic E-state index is 10.9. The Morgan fingerprint density at radius 2 is 1.00 bits per heavy atom. The zero-order chi connectivity index (χ0) is 14.1. The molecule has 20 heavy (non-hydrogen) atoms. The van der Waals surface area contributed by atoms with E-state index in [1.807, 2.05) is 0 Å². The van der Waals surface area contributed by atoms with Crippen LogP contribution in [0.15, 0.2) is 0 Å². The number of hydrogen-bond acceptors (Lipinski definition) is 4. The van der Waals surface area contributed by atoms with Crippen LogP contribution in [0, 0.1) is 0 Å². The van der Waals surface area contributed by atoms with Crippen molar-refractivity contribution in [2.75, 3.05) is 0 Å². The molecule has 1 aliphatic heterocycles. The summed E-state index contributed by atoms with van der Waals surface area (Å²) in [5, 5.41) is 21.7. The van der Waals surface area contributed by atoms with Crippen molar-refractivity contribution in [3.8, 4) is 0 Å². The van der Waals surface area contributed by atoms with E-state index in [2.05, 4.69) is 0 Å². The van der Waals surface area contributed by atoms with E-state index < -0.39 is 11.6 Å². The lowest BCUT2D eigenvalue weighted by atomic mass is 9.87. The third kappa shape index (κ3) is 2.89. The molecule has 3 aliphatic rings. The normalized spacial score (nSPS) is 47.1. The maximum Gasteiger partial charge on any atom is 0.192 e. The van der Waals surface area contributed by atoms with Gasteiger partial charge in [0.2, 0.25) is 0 Å². The molecule has 4 nitrogen and oxygen atoms in total. The van der Waals surface area contributed by atoms with Crippen LogP contribution >= 0.6 is 0 Å². The first-order valence-corrected chi connectivity index (χ1v) is 8.43. The molecule has 4 unspecified atom stereocenters. The highest BCUT2D eigenvalue weighted by atomic mass is 16.7. The predicted octanol–water partition coefficient (Wildman–Crippen LogP) is 2.86. The molecule has 0 spiro atoms. The molecule has 4 atom stereocenters. The lowest BCUT2D eigenvalue weighted by molar-refractivity contribution is -0.430. The summed E-state index contributed by atoms with van der Waals surface area (Å²) in [6.07, 6.45) is 10.8. The molecule has 0 aromatic rings. The molecule has 0 radical (unpaired) electrons. The second kappa shape index (κ2) is 5.91. The van der Waals surface area contributed by atoms with Gasteiger partial charge in [-0.05, 0) is 25.7 Å². The maximum absolute atomic E-state index is 10.9. The van der Waals surface area contributed by atoms with Crippen molar-refractivity contribution in [2.45, 2.75) is 101 Å². The average Bonchev–Trinajstić information content (AvgIpc) is 2.38. The molecule has 0 bridgehead atoms. The summed E-state index contributed by atoms with van der Waals surface area (Å²) in [6, 6.07) is 0. The van der Waals surface area contributed by atoms with Crippen molar-refractivity contribution < 1.29 is 19.7 Å². The van der Waals surface area contributed by atoms with E-state index in [1.165, 1.54) is 12.8 Å². The van der Waals surface area contributed by atoms with Gasteiger partial charge in [-0.3, -0.25) is 0 Å². The Labute approximate surface area is 121 Å². The summed E-state index contributed by atoms with van der Waals surface area (Å²) < 4.78 is 12.1. The number of aliphatic hydroxyl groups is 2. The van der Waals surface area contributed by atoms with Gasteiger partial charge in [0.1, 0.15) is 12.2 Å². The zero-order valence-corrected chi connectivity index (χ0v) is 12.4. The van der Waals surface area contributed by atoms with Crippen LogP contribution in [0.25, 0.3) is 0 Å². The lowest BCUT2D eigenvalue weighted by Crippen LogP contribution is -2.64. The minimum atomic E-state index is -1.18. The van der Waals surface area contributed by atoms with E-state index in [0.29, 0.717) is 12.8 Å². The van der Waals surface area contributed by atoms with E-state index in [0.717, 1.165) is 51.4 Å². The van der Waals surface area contributed by atoms with Crippen LogP contribution in [0.1, 0.15) is 77.0 Å². The van der Waals surface area contributed by atoms with Gasteiger partial charge in [0.25, 0.3) is 0 Å². The molecule has 0 aromatic heterocycles. The summed E-state index contributed by atoms with van der Waals surface area (Å²) in [5.74, 6) is -2.37. The molecule has 2 N–H and O–H groups in total. The Morgan fingerprint density at radius 1 is 0.600 bits per heavy atom. The molecule has 116 valence electrons. The monoisotopic (exact) mass is 284 g/mol. The van der Waals surface area contributed by atoms with Gasteiger partial charge in [-0.1, -0.05) is 38.5 Å². The minimum absolute atomic E-state index is 0.372. The van der Waals surface area contributed by atoms with Crippen LogP contribution in [0.3, 0.4) is 0 Å². The van der Waals surface area contributed by atoms with E-state index in [1.54, 1.807) is 0 Å². The van der Waals surface area contributed by atoms with Crippen molar-refractivity contribution in [1.82, 2.24) is 0 Å². The molecule has 0 amide bonds. The molecular formula is C16H28O4. The topological polar surface area (TPSA) is 58.9 Å². The highest BCUT2D eigenvalue weighted by Gasteiger charge is 2.54. The molecule has 4 heteroatoms. The first-order valence-electron chi connectivity index (χ1n) is 8.43. The smallest absolute Gasteiger partial charge is 0.192 e. The molecule has 0 aromatic carbocycles. The zero-order valence-electron chi connectivity index (χ0n) is 12.4. The number of fused-ring (bicyclic) bond motifs is 2. The summed E-state index contributed by atoms with van der Waals surface area (Å²) in [4.78, 5) is 0. The molecular weight excluding hydrogens is 256 g/mol. The molecule has 1 saturated heterocycles. The Morgan fingerprint density at radius 3 is 1.45 bits per heavy atom. The quantitative estimate of drug-likeness (QED) is 0.718. The number of rotatable bonds is 0. The summed E-state index contributed by atoms with van der Waals surface area (Å²) in [6.45, 7) is 0. The third-order valence-electron chi connectivity index (χ3n) is 5.20. The van der Waals surface area contributed by atoms with Crippen LogP contribution in [-0.2, 0) is 9.47 Å². The van der Waals surface area contributed by atoms with Gasteiger partial charge in [-0.25, -0.2) is 0 Å². The van der Waals surface area contributed by atoms with Crippen molar-refractivity contribution in [1.29, 1.82) is 0 Å². The predicted molar refractivity (Wildman–Crippen MR) is 75.0 cm³/mol. The Bertz CT molecular complexity index is 302. The summed E-state index contributed by atoms with van der Waals surface area (Å²) >= 11 is 0. The molecule has 3 fully saturated rings. The summed E-state index contributed by atoms with van der Waals surface area (Å²) in [5.41, 5.74) is 0. The van der Waals surface area contributed by atoms with Crippen LogP contribution in [0.2, 0.25) is 0 Å². The van der Waals surface area contributed by atoms with Crippen LogP contribution in [0.5, 0.6) is 0 Å². The van der Waals surface area contributed by atoms with E-state index >= 15 is 0 Å². The fraction of sp³-hybridized carbons (Fsp3) is 1.00. The number of ether oxygens (including phenoxy) is 2. The SMILES string of the molecule is OC12CCCCCCC1OC1(O)CCCCCCC1O2. The third-order valence-corrected chi connectivity index (χ3v) is 5.20. The second-order valence-electron chi connectivity index (χ2n) is 6.81. The Balaban J connectivity index is 1.79. The fourth-order valence-corrected chi connectivity index (χ4v) is 3.96. The van der Waals surface area contributed by atoms with Crippen molar-refractivity contribution >= 4 is 0 Å². The van der Waals surface area contributed by atoms with Gasteiger partial charge >= 0.3 is 0 Å². The van der Waals surface area contributed by atoms with Gasteiger partial charge in [0.05, 0.1) is 0 Å². The van der Waals surface area contributed by atoms with Crippen LogP contribution in [-0.4, -0.2) is 34.0 Å². The van der Waals surface area contributed by atoms with Gasteiger partial charge in [-0.15, -0.1) is 0 Å². The lowest BCUT2D eigenvalue weighted by Gasteiger charge is -2.52. The van der Waals surface area contributed by atoms with Crippen molar-refractivity contribution in [3.63, 3.8) is 0 Å². The van der Waals surface area contributed by atoms with E-state index in [4.69, 9.17) is 9.47 Å². The van der Waals surface area contributed by atoms with Gasteiger partial charge in [0.15, 0.2) is 11.6 Å². The van der Waals surface area contributed by atoms with E-state index in [9.17, 15) is 10.2 Å². The molecule has 2 saturated carbocycles. The Hall–Kier alpha value is -0.160. The first-order chi connectivity index (χ1) is 9.62. The second-order valence-corrected chi connectivity index (χ2v) is 6.81. The highest BCUT2D eigenvalue weighted by Crippen LogP contribution is 2.43. The summed E-state index contributed by atoms with van der Waals surface area (Å²) in [7, 11) is 0. The molecule has 2 aliphatic carbocycles. The molecule has 1 heterocycles. The highest BCUT2D eigenvalue weighted by molar-refractivity contribution is 4.94. The van der Waals surface area contributed by atoms with Gasteiger partial charge < -0.3 is 19.7 Å². The van der Waals surface area contributed by atoms with Gasteiger partial charge in [0, 0.05) is 12.8 Å². The van der Waals surface area contributed by atoms with Crippen LogP contribution < -0.4 is 0 Å². The van der Waals surface area contributed by atoms with Crippen molar-refractivity contribution in [3.05, 3.63) is 0 Å².